The highest BCUT2D eigenvalue weighted by molar-refractivity contribution is 5.78. The fraction of sp³-hybridized carbons (Fsp3) is 0.412. The number of nitrogens with zero attached hydrogens (tertiary/aromatic N) is 2. The lowest BCUT2D eigenvalue weighted by atomic mass is 10.0. The quantitative estimate of drug-likeness (QED) is 0.909. The topological polar surface area (TPSA) is 61.0 Å². The Morgan fingerprint density at radius 3 is 3.04 bits per heavy atom. The van der Waals surface area contributed by atoms with Gasteiger partial charge in [0.2, 0.25) is 5.91 Å². The molecule has 1 unspecified atom stereocenters. The Balaban J connectivity index is 1.58. The molecule has 5 nitrogen and oxygen atoms in total. The van der Waals surface area contributed by atoms with Crippen LogP contribution in [-0.2, 0) is 11.2 Å². The van der Waals surface area contributed by atoms with Crippen molar-refractivity contribution in [2.75, 3.05) is 18.0 Å². The van der Waals surface area contributed by atoms with E-state index in [9.17, 15) is 9.18 Å². The van der Waals surface area contributed by atoms with Crippen LogP contribution in [-0.4, -0.2) is 35.2 Å². The lowest BCUT2D eigenvalue weighted by molar-refractivity contribution is -0.121. The number of amides is 1. The normalized spacial score (nSPS) is 18.0. The summed E-state index contributed by atoms with van der Waals surface area (Å²) in [5, 5.41) is 9.95. The second-order valence-corrected chi connectivity index (χ2v) is 6.02. The lowest BCUT2D eigenvalue weighted by Gasteiger charge is -2.34. The number of aryl methyl sites for hydroxylation is 1. The van der Waals surface area contributed by atoms with E-state index in [1.807, 2.05) is 24.0 Å². The maximum Gasteiger partial charge on any atom is 0.226 e. The summed E-state index contributed by atoms with van der Waals surface area (Å²) in [6, 6.07) is 8.68. The SMILES string of the molecule is Cc1cc(CC(=O)NC2CCCN(c3ccccc3F)C2)n[nH]1. The van der Waals surface area contributed by atoms with Gasteiger partial charge >= 0.3 is 0 Å². The minimum atomic E-state index is -0.216. The maximum atomic E-state index is 13.9. The Bertz CT molecular complexity index is 685. The van der Waals surface area contributed by atoms with Gasteiger partial charge in [0.1, 0.15) is 5.82 Å². The molecule has 1 aliphatic heterocycles. The summed E-state index contributed by atoms with van der Waals surface area (Å²) < 4.78 is 13.9. The number of nitrogens with one attached hydrogen (secondary N) is 2. The van der Waals surface area contributed by atoms with Crippen molar-refractivity contribution in [2.45, 2.75) is 32.2 Å². The van der Waals surface area contributed by atoms with E-state index in [0.29, 0.717) is 12.2 Å². The van der Waals surface area contributed by atoms with Crippen LogP contribution in [0.3, 0.4) is 0 Å². The molecule has 2 heterocycles. The summed E-state index contributed by atoms with van der Waals surface area (Å²) in [6.45, 7) is 3.35. The first kappa shape index (κ1) is 15.5. The maximum absolute atomic E-state index is 13.9. The number of carbonyl (C=O) groups excluding carboxylic acids is 1. The smallest absolute Gasteiger partial charge is 0.226 e. The molecule has 23 heavy (non-hydrogen) atoms. The molecule has 6 heteroatoms. The van der Waals surface area contributed by atoms with Gasteiger partial charge in [-0.05, 0) is 38.0 Å². The van der Waals surface area contributed by atoms with Crippen LogP contribution in [0.25, 0.3) is 0 Å². The van der Waals surface area contributed by atoms with Crippen molar-refractivity contribution >= 4 is 11.6 Å². The van der Waals surface area contributed by atoms with Gasteiger partial charge in [0.25, 0.3) is 0 Å². The van der Waals surface area contributed by atoms with Crippen LogP contribution < -0.4 is 10.2 Å². The van der Waals surface area contributed by atoms with Crippen LogP contribution >= 0.6 is 0 Å². The van der Waals surface area contributed by atoms with E-state index in [1.165, 1.54) is 6.07 Å². The number of carbonyl (C=O) groups is 1. The van der Waals surface area contributed by atoms with Crippen molar-refractivity contribution in [3.05, 3.63) is 47.5 Å². The molecule has 0 radical (unpaired) electrons. The van der Waals surface area contributed by atoms with Gasteiger partial charge in [0.15, 0.2) is 0 Å². The monoisotopic (exact) mass is 316 g/mol. The zero-order valence-electron chi connectivity index (χ0n) is 13.2. The molecule has 2 N–H and O–H groups in total. The molecule has 1 atom stereocenters. The Morgan fingerprint density at radius 1 is 1.48 bits per heavy atom. The van der Waals surface area contributed by atoms with Crippen LogP contribution in [0.15, 0.2) is 30.3 Å². The first-order valence-electron chi connectivity index (χ1n) is 7.91. The van der Waals surface area contributed by atoms with Crippen molar-refractivity contribution in [1.29, 1.82) is 0 Å². The highest BCUT2D eigenvalue weighted by Gasteiger charge is 2.23. The molecule has 122 valence electrons. The van der Waals surface area contributed by atoms with Crippen LogP contribution in [0.4, 0.5) is 10.1 Å². The van der Waals surface area contributed by atoms with Gasteiger partial charge in [-0.3, -0.25) is 9.89 Å². The fourth-order valence-corrected chi connectivity index (χ4v) is 3.03. The van der Waals surface area contributed by atoms with Crippen LogP contribution in [0, 0.1) is 12.7 Å². The summed E-state index contributed by atoms with van der Waals surface area (Å²) in [6.07, 6.45) is 2.11. The lowest BCUT2D eigenvalue weighted by Crippen LogP contribution is -2.48. The van der Waals surface area contributed by atoms with E-state index in [1.54, 1.807) is 12.1 Å². The molecule has 1 aromatic carbocycles. The van der Waals surface area contributed by atoms with E-state index in [-0.39, 0.29) is 24.2 Å². The molecule has 1 amide bonds. The largest absolute Gasteiger partial charge is 0.367 e. The molecule has 0 spiro atoms. The zero-order valence-corrected chi connectivity index (χ0v) is 13.2. The summed E-state index contributed by atoms with van der Waals surface area (Å²) >= 11 is 0. The zero-order chi connectivity index (χ0) is 16.2. The van der Waals surface area contributed by atoms with Crippen LogP contribution in [0.2, 0.25) is 0 Å². The average molecular weight is 316 g/mol. The first-order valence-corrected chi connectivity index (χ1v) is 7.91. The molecular formula is C17H21FN4O. The Hall–Kier alpha value is -2.37. The Labute approximate surface area is 134 Å². The van der Waals surface area contributed by atoms with E-state index < -0.39 is 0 Å². The van der Waals surface area contributed by atoms with Crippen LogP contribution in [0.1, 0.15) is 24.2 Å². The highest BCUT2D eigenvalue weighted by Crippen LogP contribution is 2.22. The highest BCUT2D eigenvalue weighted by atomic mass is 19.1. The molecule has 3 rings (SSSR count). The number of hydrogen-bond donors (Lipinski definition) is 2. The van der Waals surface area contributed by atoms with Crippen molar-refractivity contribution in [1.82, 2.24) is 15.5 Å². The van der Waals surface area contributed by atoms with Gasteiger partial charge in [-0.1, -0.05) is 12.1 Å². The van der Waals surface area contributed by atoms with E-state index in [0.717, 1.165) is 30.8 Å². The molecule has 2 aromatic rings. The number of H-pyrrole nitrogens is 1. The molecule has 0 bridgehead atoms. The third-order valence-corrected chi connectivity index (χ3v) is 4.08. The summed E-state index contributed by atoms with van der Waals surface area (Å²) in [5.41, 5.74) is 2.28. The Kier molecular flexibility index (Phi) is 4.60. The average Bonchev–Trinajstić information content (AvgIpc) is 2.93. The van der Waals surface area contributed by atoms with Gasteiger partial charge in [-0.15, -0.1) is 0 Å². The molecule has 1 aromatic heterocycles. The van der Waals surface area contributed by atoms with Gasteiger partial charge in [0.05, 0.1) is 17.8 Å². The van der Waals surface area contributed by atoms with Crippen molar-refractivity contribution in [3.63, 3.8) is 0 Å². The minimum absolute atomic E-state index is 0.0379. The molecule has 1 saturated heterocycles. The number of hydrogen-bond acceptors (Lipinski definition) is 3. The number of halogens is 1. The van der Waals surface area contributed by atoms with Crippen molar-refractivity contribution in [2.24, 2.45) is 0 Å². The van der Waals surface area contributed by atoms with Gasteiger partial charge in [0, 0.05) is 24.8 Å². The summed E-state index contributed by atoms with van der Waals surface area (Å²) in [4.78, 5) is 14.1. The summed E-state index contributed by atoms with van der Waals surface area (Å²) in [5.74, 6) is -0.261. The Morgan fingerprint density at radius 2 is 2.30 bits per heavy atom. The number of benzene rings is 1. The van der Waals surface area contributed by atoms with E-state index in [2.05, 4.69) is 15.5 Å². The second kappa shape index (κ2) is 6.81. The van der Waals surface area contributed by atoms with Crippen molar-refractivity contribution in [3.8, 4) is 0 Å². The predicted octanol–water partition coefficient (Wildman–Crippen LogP) is 2.18. The van der Waals surface area contributed by atoms with Crippen molar-refractivity contribution < 1.29 is 9.18 Å². The fourth-order valence-electron chi connectivity index (χ4n) is 3.03. The standard InChI is InChI=1S/C17H21FN4O/c1-12-9-14(21-20-12)10-17(23)19-13-5-4-8-22(11-13)16-7-3-2-6-15(16)18/h2-3,6-7,9,13H,4-5,8,10-11H2,1H3,(H,19,23)(H,20,21). The number of aromatic amines is 1. The summed E-state index contributed by atoms with van der Waals surface area (Å²) in [7, 11) is 0. The second-order valence-electron chi connectivity index (χ2n) is 6.02. The molecule has 0 saturated carbocycles. The number of piperidine rings is 1. The third kappa shape index (κ3) is 3.88. The van der Waals surface area contributed by atoms with E-state index in [4.69, 9.17) is 0 Å². The number of para-hydroxylation sites is 1. The molecular weight excluding hydrogens is 295 g/mol. The first-order chi connectivity index (χ1) is 11.1. The third-order valence-electron chi connectivity index (χ3n) is 4.08. The van der Waals surface area contributed by atoms with Gasteiger partial charge in [-0.25, -0.2) is 4.39 Å². The van der Waals surface area contributed by atoms with E-state index >= 15 is 0 Å². The number of anilines is 1. The molecule has 1 aliphatic rings. The predicted molar refractivity (Wildman–Crippen MR) is 86.8 cm³/mol. The van der Waals surface area contributed by atoms with Gasteiger partial charge < -0.3 is 10.2 Å². The number of rotatable bonds is 4. The number of aromatic nitrogens is 2. The minimum Gasteiger partial charge on any atom is -0.367 e. The van der Waals surface area contributed by atoms with Gasteiger partial charge in [-0.2, -0.15) is 5.10 Å². The molecule has 1 fully saturated rings. The van der Waals surface area contributed by atoms with Crippen LogP contribution in [0.5, 0.6) is 0 Å². The molecule has 0 aliphatic carbocycles.